The predicted octanol–water partition coefficient (Wildman–Crippen LogP) is 2.65. The van der Waals surface area contributed by atoms with Gasteiger partial charge < -0.3 is 0 Å². The third-order valence-electron chi connectivity index (χ3n) is 3.17. The molecule has 0 aliphatic heterocycles. The highest BCUT2D eigenvalue weighted by Crippen LogP contribution is 2.27. The summed E-state index contributed by atoms with van der Waals surface area (Å²) in [5, 5.41) is 10.9. The average Bonchev–Trinajstić information content (AvgIpc) is 2.38. The Morgan fingerprint density at radius 1 is 1.33 bits per heavy atom. The lowest BCUT2D eigenvalue weighted by Gasteiger charge is -2.15. The summed E-state index contributed by atoms with van der Waals surface area (Å²) in [4.78, 5) is 10.5. The monoisotopic (exact) mass is 334 g/mol. The van der Waals surface area contributed by atoms with Crippen molar-refractivity contribution in [3.63, 3.8) is 0 Å². The van der Waals surface area contributed by atoms with Crippen LogP contribution in [0.2, 0.25) is 0 Å². The van der Waals surface area contributed by atoms with Gasteiger partial charge in [-0.25, -0.2) is 12.7 Å². The SMILES string of the molecule is CC(C)C(Cl)Cc1ccc(S(=O)(=O)N(C)C)cc1[N+](=O)[O-]. The van der Waals surface area contributed by atoms with Crippen LogP contribution in [-0.4, -0.2) is 37.1 Å². The molecule has 1 aromatic rings. The number of halogens is 1. The van der Waals surface area contributed by atoms with E-state index in [9.17, 15) is 18.5 Å². The van der Waals surface area contributed by atoms with Crippen molar-refractivity contribution < 1.29 is 13.3 Å². The first-order valence-electron chi connectivity index (χ1n) is 6.41. The molecule has 0 spiro atoms. The first-order chi connectivity index (χ1) is 9.57. The zero-order valence-corrected chi connectivity index (χ0v) is 14.0. The Balaban J connectivity index is 3.30. The van der Waals surface area contributed by atoms with Crippen molar-refractivity contribution >= 4 is 27.3 Å². The molecule has 1 aromatic carbocycles. The number of nitrogens with zero attached hydrogens (tertiary/aromatic N) is 2. The summed E-state index contributed by atoms with van der Waals surface area (Å²) in [7, 11) is -0.943. The quantitative estimate of drug-likeness (QED) is 0.455. The molecule has 0 N–H and O–H groups in total. The molecule has 1 atom stereocenters. The third kappa shape index (κ3) is 4.15. The first kappa shape index (κ1) is 17.9. The minimum Gasteiger partial charge on any atom is -0.258 e. The second-order valence-electron chi connectivity index (χ2n) is 5.30. The van der Waals surface area contributed by atoms with Crippen molar-refractivity contribution in [3.05, 3.63) is 33.9 Å². The molecule has 21 heavy (non-hydrogen) atoms. The van der Waals surface area contributed by atoms with Gasteiger partial charge in [-0.05, 0) is 18.4 Å². The van der Waals surface area contributed by atoms with Gasteiger partial charge >= 0.3 is 0 Å². The summed E-state index contributed by atoms with van der Waals surface area (Å²) in [6.45, 7) is 3.85. The summed E-state index contributed by atoms with van der Waals surface area (Å²) in [6, 6.07) is 3.93. The van der Waals surface area contributed by atoms with E-state index in [1.165, 1.54) is 26.2 Å². The zero-order chi connectivity index (χ0) is 16.4. The smallest absolute Gasteiger partial charge is 0.258 e. The first-order valence-corrected chi connectivity index (χ1v) is 8.29. The van der Waals surface area contributed by atoms with Crippen molar-refractivity contribution in [3.8, 4) is 0 Å². The number of nitro groups is 1. The van der Waals surface area contributed by atoms with Crippen LogP contribution >= 0.6 is 11.6 Å². The number of hydrogen-bond donors (Lipinski definition) is 0. The fourth-order valence-electron chi connectivity index (χ4n) is 1.70. The molecule has 1 unspecified atom stereocenters. The Labute approximate surface area is 129 Å². The summed E-state index contributed by atoms with van der Waals surface area (Å²) in [5.41, 5.74) is 0.218. The van der Waals surface area contributed by atoms with Crippen LogP contribution < -0.4 is 0 Å². The van der Waals surface area contributed by atoms with Crippen LogP contribution in [0.25, 0.3) is 0 Å². The van der Waals surface area contributed by atoms with Gasteiger partial charge in [0.15, 0.2) is 0 Å². The van der Waals surface area contributed by atoms with Gasteiger partial charge in [0.25, 0.3) is 5.69 Å². The molecule has 0 radical (unpaired) electrons. The second-order valence-corrected chi connectivity index (χ2v) is 8.01. The minimum absolute atomic E-state index is 0.0985. The lowest BCUT2D eigenvalue weighted by molar-refractivity contribution is -0.385. The van der Waals surface area contributed by atoms with Gasteiger partial charge in [-0.2, -0.15) is 0 Å². The summed E-state index contributed by atoms with van der Waals surface area (Å²) in [6.07, 6.45) is 0.317. The molecule has 0 saturated heterocycles. The van der Waals surface area contributed by atoms with Crippen LogP contribution in [0.3, 0.4) is 0 Å². The van der Waals surface area contributed by atoms with Gasteiger partial charge in [0.05, 0.1) is 9.82 Å². The minimum atomic E-state index is -3.70. The van der Waals surface area contributed by atoms with Crippen LogP contribution in [0, 0.1) is 16.0 Å². The van der Waals surface area contributed by atoms with Crippen molar-refractivity contribution in [1.82, 2.24) is 4.31 Å². The number of alkyl halides is 1. The predicted molar refractivity (Wildman–Crippen MR) is 82.2 cm³/mol. The molecule has 0 aliphatic carbocycles. The van der Waals surface area contributed by atoms with Crippen LogP contribution in [0.15, 0.2) is 23.1 Å². The molecular weight excluding hydrogens is 316 g/mol. The van der Waals surface area contributed by atoms with E-state index >= 15 is 0 Å². The van der Waals surface area contributed by atoms with Gasteiger partial charge in [0, 0.05) is 31.1 Å². The number of sulfonamides is 1. The summed E-state index contributed by atoms with van der Waals surface area (Å²) >= 11 is 6.16. The molecule has 0 amide bonds. The van der Waals surface area contributed by atoms with Crippen LogP contribution in [-0.2, 0) is 16.4 Å². The average molecular weight is 335 g/mol. The van der Waals surface area contributed by atoms with Gasteiger partial charge in [0.1, 0.15) is 0 Å². The number of benzene rings is 1. The van der Waals surface area contributed by atoms with Crippen molar-refractivity contribution in [2.24, 2.45) is 5.92 Å². The zero-order valence-electron chi connectivity index (χ0n) is 12.4. The normalized spacial score (nSPS) is 13.7. The third-order valence-corrected chi connectivity index (χ3v) is 5.64. The second kappa shape index (κ2) is 6.72. The van der Waals surface area contributed by atoms with E-state index in [2.05, 4.69) is 0 Å². The molecule has 0 bridgehead atoms. The maximum Gasteiger partial charge on any atom is 0.273 e. The van der Waals surface area contributed by atoms with Crippen LogP contribution in [0.4, 0.5) is 5.69 Å². The van der Waals surface area contributed by atoms with Crippen molar-refractivity contribution in [2.75, 3.05) is 14.1 Å². The lowest BCUT2D eigenvalue weighted by Crippen LogP contribution is -2.22. The van der Waals surface area contributed by atoms with Crippen LogP contribution in [0.5, 0.6) is 0 Å². The van der Waals surface area contributed by atoms with E-state index < -0.39 is 14.9 Å². The molecule has 8 heteroatoms. The van der Waals surface area contributed by atoms with Crippen LogP contribution in [0.1, 0.15) is 19.4 Å². The van der Waals surface area contributed by atoms with E-state index in [1.807, 2.05) is 13.8 Å². The lowest BCUT2D eigenvalue weighted by atomic mass is 10.0. The highest BCUT2D eigenvalue weighted by molar-refractivity contribution is 7.89. The summed E-state index contributed by atoms with van der Waals surface area (Å²) < 4.78 is 25.1. The standard InChI is InChI=1S/C13H19ClN2O4S/c1-9(2)12(14)7-10-5-6-11(8-13(10)16(17)18)21(19,20)15(3)4/h5-6,8-9,12H,7H2,1-4H3. The van der Waals surface area contributed by atoms with Crippen molar-refractivity contribution in [1.29, 1.82) is 0 Å². The molecule has 1 rings (SSSR count). The number of rotatable bonds is 6. The maximum atomic E-state index is 12.0. The van der Waals surface area contributed by atoms with Gasteiger partial charge in [-0.15, -0.1) is 11.6 Å². The Morgan fingerprint density at radius 3 is 2.33 bits per heavy atom. The summed E-state index contributed by atoms with van der Waals surface area (Å²) in [5.74, 6) is 0.163. The van der Waals surface area contributed by atoms with Gasteiger partial charge in [-0.1, -0.05) is 19.9 Å². The highest BCUT2D eigenvalue weighted by Gasteiger charge is 2.24. The van der Waals surface area contributed by atoms with E-state index in [0.29, 0.717) is 12.0 Å². The van der Waals surface area contributed by atoms with Crippen molar-refractivity contribution in [2.45, 2.75) is 30.5 Å². The molecule has 0 aliphatic rings. The Morgan fingerprint density at radius 2 is 1.90 bits per heavy atom. The Kier molecular flexibility index (Phi) is 5.72. The topological polar surface area (TPSA) is 80.5 Å². The molecule has 0 aromatic heterocycles. The maximum absolute atomic E-state index is 12.0. The molecule has 6 nitrogen and oxygen atoms in total. The molecule has 0 heterocycles. The molecular formula is C13H19ClN2O4S. The molecule has 0 saturated carbocycles. The highest BCUT2D eigenvalue weighted by atomic mass is 35.5. The van der Waals surface area contributed by atoms with Gasteiger partial charge in [-0.3, -0.25) is 10.1 Å². The van der Waals surface area contributed by atoms with E-state index in [1.54, 1.807) is 0 Å². The van der Waals surface area contributed by atoms with E-state index in [0.717, 1.165) is 10.4 Å². The fourth-order valence-corrected chi connectivity index (χ4v) is 2.79. The van der Waals surface area contributed by atoms with Gasteiger partial charge in [0.2, 0.25) is 10.0 Å². The Hall–Kier alpha value is -1.18. The number of hydrogen-bond acceptors (Lipinski definition) is 4. The largest absolute Gasteiger partial charge is 0.273 e. The molecule has 118 valence electrons. The fraction of sp³-hybridized carbons (Fsp3) is 0.538. The van der Waals surface area contributed by atoms with E-state index in [-0.39, 0.29) is 21.9 Å². The number of nitro benzene ring substituents is 1. The Bertz CT molecular complexity index is 629. The molecule has 0 fully saturated rings. The van der Waals surface area contributed by atoms with E-state index in [4.69, 9.17) is 11.6 Å².